The van der Waals surface area contributed by atoms with Crippen LogP contribution in [0.5, 0.6) is 11.6 Å². The summed E-state index contributed by atoms with van der Waals surface area (Å²) in [4.78, 5) is 4.30. The Labute approximate surface area is 134 Å². The van der Waals surface area contributed by atoms with E-state index in [2.05, 4.69) is 22.4 Å². The molecular weight excluding hydrogens is 307 g/mol. The number of anilines is 1. The van der Waals surface area contributed by atoms with Crippen molar-refractivity contribution in [1.29, 1.82) is 0 Å². The van der Waals surface area contributed by atoms with Crippen LogP contribution >= 0.6 is 23.2 Å². The lowest BCUT2D eigenvalue weighted by Gasteiger charge is -2.17. The molecule has 0 aliphatic heterocycles. The Balaban J connectivity index is 1.90. The van der Waals surface area contributed by atoms with Gasteiger partial charge in [-0.1, -0.05) is 29.3 Å². The summed E-state index contributed by atoms with van der Waals surface area (Å²) in [6, 6.07) is 7.82. The van der Waals surface area contributed by atoms with Gasteiger partial charge in [-0.3, -0.25) is 0 Å². The highest BCUT2D eigenvalue weighted by Gasteiger charge is 2.13. The molecule has 3 nitrogen and oxygen atoms in total. The highest BCUT2D eigenvalue weighted by atomic mass is 35.5. The fourth-order valence-electron chi connectivity index (χ4n) is 2.58. The Morgan fingerprint density at radius 2 is 1.81 bits per heavy atom. The largest absolute Gasteiger partial charge is 0.437 e. The van der Waals surface area contributed by atoms with E-state index in [4.69, 9.17) is 27.9 Å². The average Bonchev–Trinajstić information content (AvgIpc) is 2.50. The lowest BCUT2D eigenvalue weighted by atomic mass is 9.92. The van der Waals surface area contributed by atoms with Gasteiger partial charge in [0.15, 0.2) is 0 Å². The Bertz CT molecular complexity index is 674. The Kier molecular flexibility index (Phi) is 4.22. The topological polar surface area (TPSA) is 34.2 Å². The Morgan fingerprint density at radius 1 is 1.05 bits per heavy atom. The zero-order valence-electron chi connectivity index (χ0n) is 11.7. The molecule has 3 rings (SSSR count). The monoisotopic (exact) mass is 322 g/mol. The van der Waals surface area contributed by atoms with Crippen molar-refractivity contribution in [2.45, 2.75) is 25.7 Å². The molecule has 0 saturated carbocycles. The van der Waals surface area contributed by atoms with Crippen molar-refractivity contribution in [1.82, 2.24) is 4.98 Å². The molecule has 0 saturated heterocycles. The van der Waals surface area contributed by atoms with E-state index in [1.807, 2.05) is 6.07 Å². The summed E-state index contributed by atoms with van der Waals surface area (Å²) in [6.45, 7) is 0. The molecule has 0 amide bonds. The molecule has 0 radical (unpaired) electrons. The first-order chi connectivity index (χ1) is 10.2. The fraction of sp³-hybridized carbons (Fsp3) is 0.312. The van der Waals surface area contributed by atoms with E-state index in [0.717, 1.165) is 18.6 Å². The van der Waals surface area contributed by atoms with Crippen LogP contribution in [-0.4, -0.2) is 12.0 Å². The van der Waals surface area contributed by atoms with Gasteiger partial charge in [0.25, 0.3) is 0 Å². The van der Waals surface area contributed by atoms with E-state index in [9.17, 15) is 0 Å². The maximum Gasteiger partial charge on any atom is 0.240 e. The van der Waals surface area contributed by atoms with Gasteiger partial charge in [0, 0.05) is 7.05 Å². The maximum atomic E-state index is 6.15. The first-order valence-corrected chi connectivity index (χ1v) is 7.76. The molecule has 0 spiro atoms. The molecular formula is C16H16Cl2N2O. The molecule has 21 heavy (non-hydrogen) atoms. The van der Waals surface area contributed by atoms with Gasteiger partial charge in [-0.2, -0.15) is 4.98 Å². The summed E-state index contributed by atoms with van der Waals surface area (Å²) in [5, 5.41) is 3.79. The zero-order chi connectivity index (χ0) is 14.8. The van der Waals surface area contributed by atoms with Gasteiger partial charge in [-0.05, 0) is 55.0 Å². The molecule has 0 bridgehead atoms. The molecule has 0 atom stereocenters. The van der Waals surface area contributed by atoms with Crippen LogP contribution in [-0.2, 0) is 12.8 Å². The van der Waals surface area contributed by atoms with Crippen LogP contribution in [0.1, 0.15) is 24.0 Å². The molecule has 5 heteroatoms. The summed E-state index contributed by atoms with van der Waals surface area (Å²) in [5.41, 5.74) is 2.78. The van der Waals surface area contributed by atoms with Crippen molar-refractivity contribution in [3.63, 3.8) is 0 Å². The number of aryl methyl sites for hydroxylation is 2. The Hall–Kier alpha value is -1.45. The van der Waals surface area contributed by atoms with Gasteiger partial charge in [0.05, 0.1) is 5.02 Å². The first-order valence-electron chi connectivity index (χ1n) is 7.01. The molecule has 1 aromatic carbocycles. The van der Waals surface area contributed by atoms with E-state index in [1.165, 1.54) is 24.0 Å². The van der Waals surface area contributed by atoms with Gasteiger partial charge < -0.3 is 10.1 Å². The molecule has 2 aromatic rings. The summed E-state index contributed by atoms with van der Waals surface area (Å²) in [5.74, 6) is 1.67. The minimum Gasteiger partial charge on any atom is -0.437 e. The third-order valence-electron chi connectivity index (χ3n) is 3.67. The predicted molar refractivity (Wildman–Crippen MR) is 87.0 cm³/mol. The van der Waals surface area contributed by atoms with Gasteiger partial charge >= 0.3 is 0 Å². The fourth-order valence-corrected chi connectivity index (χ4v) is 3.07. The molecule has 0 fully saturated rings. The van der Waals surface area contributed by atoms with Crippen molar-refractivity contribution in [3.05, 3.63) is 45.4 Å². The number of fused-ring (bicyclic) bond motifs is 1. The highest BCUT2D eigenvalue weighted by Crippen LogP contribution is 2.34. The smallest absolute Gasteiger partial charge is 0.240 e. The first kappa shape index (κ1) is 14.5. The zero-order valence-corrected chi connectivity index (χ0v) is 13.3. The van der Waals surface area contributed by atoms with Crippen molar-refractivity contribution in [2.75, 3.05) is 12.4 Å². The SMILES string of the molecule is CNc1nc(Oc2ccc3c(c2)CCCC3)c(Cl)cc1Cl. The number of aromatic nitrogens is 1. The second-order valence-corrected chi connectivity index (χ2v) is 5.91. The van der Waals surface area contributed by atoms with Crippen LogP contribution in [0.2, 0.25) is 10.0 Å². The summed E-state index contributed by atoms with van der Waals surface area (Å²) < 4.78 is 5.83. The van der Waals surface area contributed by atoms with E-state index in [0.29, 0.717) is 21.7 Å². The number of ether oxygens (including phenoxy) is 1. The van der Waals surface area contributed by atoms with Gasteiger partial charge in [0.2, 0.25) is 5.88 Å². The van der Waals surface area contributed by atoms with Crippen LogP contribution in [0.15, 0.2) is 24.3 Å². The molecule has 1 aromatic heterocycles. The van der Waals surface area contributed by atoms with E-state index in [1.54, 1.807) is 13.1 Å². The lowest BCUT2D eigenvalue weighted by molar-refractivity contribution is 0.462. The predicted octanol–water partition coefficient (Wildman–Crippen LogP) is 5.10. The van der Waals surface area contributed by atoms with Crippen LogP contribution in [0.3, 0.4) is 0 Å². The molecule has 1 aliphatic rings. The summed E-state index contributed by atoms with van der Waals surface area (Å²) in [6.07, 6.45) is 4.76. The van der Waals surface area contributed by atoms with E-state index >= 15 is 0 Å². The highest BCUT2D eigenvalue weighted by molar-refractivity contribution is 6.36. The number of pyridine rings is 1. The van der Waals surface area contributed by atoms with Crippen molar-refractivity contribution >= 4 is 29.0 Å². The number of hydrogen-bond donors (Lipinski definition) is 1. The normalized spacial score (nSPS) is 13.7. The molecule has 110 valence electrons. The van der Waals surface area contributed by atoms with Gasteiger partial charge in [-0.15, -0.1) is 0 Å². The third kappa shape index (κ3) is 3.09. The second kappa shape index (κ2) is 6.12. The molecule has 1 heterocycles. The number of hydrogen-bond acceptors (Lipinski definition) is 3. The average molecular weight is 323 g/mol. The second-order valence-electron chi connectivity index (χ2n) is 5.10. The summed E-state index contributed by atoms with van der Waals surface area (Å²) in [7, 11) is 1.75. The molecule has 0 unspecified atom stereocenters. The van der Waals surface area contributed by atoms with Crippen LogP contribution in [0.25, 0.3) is 0 Å². The van der Waals surface area contributed by atoms with Crippen molar-refractivity contribution in [3.8, 4) is 11.6 Å². The van der Waals surface area contributed by atoms with E-state index < -0.39 is 0 Å². The minimum absolute atomic E-state index is 0.362. The maximum absolute atomic E-state index is 6.15. The number of benzene rings is 1. The minimum atomic E-state index is 0.362. The quantitative estimate of drug-likeness (QED) is 0.853. The third-order valence-corrected chi connectivity index (χ3v) is 4.23. The van der Waals surface area contributed by atoms with E-state index in [-0.39, 0.29) is 0 Å². The van der Waals surface area contributed by atoms with Crippen LogP contribution in [0.4, 0.5) is 5.82 Å². The lowest BCUT2D eigenvalue weighted by Crippen LogP contribution is -2.03. The van der Waals surface area contributed by atoms with Crippen molar-refractivity contribution in [2.24, 2.45) is 0 Å². The summed E-state index contributed by atoms with van der Waals surface area (Å²) >= 11 is 12.2. The number of nitrogens with one attached hydrogen (secondary N) is 1. The number of nitrogens with zero attached hydrogens (tertiary/aromatic N) is 1. The Morgan fingerprint density at radius 3 is 2.57 bits per heavy atom. The van der Waals surface area contributed by atoms with Crippen LogP contribution < -0.4 is 10.1 Å². The standard InChI is InChI=1S/C16H16Cl2N2O/c1-19-15-13(17)9-14(18)16(20-15)21-12-7-6-10-4-2-3-5-11(10)8-12/h6-9H,2-5H2,1H3,(H,19,20). The number of rotatable bonds is 3. The van der Waals surface area contributed by atoms with Gasteiger partial charge in [-0.25, -0.2) is 0 Å². The molecule has 1 aliphatic carbocycles. The van der Waals surface area contributed by atoms with Gasteiger partial charge in [0.1, 0.15) is 16.6 Å². The van der Waals surface area contributed by atoms with Crippen LogP contribution in [0, 0.1) is 0 Å². The number of halogens is 2. The van der Waals surface area contributed by atoms with Crippen molar-refractivity contribution < 1.29 is 4.74 Å². The molecule has 1 N–H and O–H groups in total.